The Hall–Kier alpha value is -4.19. The number of phenolic OH excluding ortho intramolecular Hbond substituents is 1. The number of nitrogens with one attached hydrogen (secondary N) is 1. The highest BCUT2D eigenvalue weighted by Gasteiger charge is 2.49. The average Bonchev–Trinajstić information content (AvgIpc) is 3.47. The molecular weight excluding hydrogens is 551 g/mol. The van der Waals surface area contributed by atoms with Gasteiger partial charge in [0.2, 0.25) is 0 Å². The summed E-state index contributed by atoms with van der Waals surface area (Å²) in [6.45, 7) is 3.01. The number of carboxylic acid groups (broad SMARTS) is 1. The maximum absolute atomic E-state index is 16.4. The second kappa shape index (κ2) is 10.9. The first kappa shape index (κ1) is 28.0. The molecule has 0 amide bonds. The minimum absolute atomic E-state index is 0.00182. The van der Waals surface area contributed by atoms with Crippen molar-refractivity contribution < 1.29 is 32.9 Å². The van der Waals surface area contributed by atoms with E-state index >= 15 is 4.39 Å². The van der Waals surface area contributed by atoms with Crippen molar-refractivity contribution in [2.24, 2.45) is 0 Å². The van der Waals surface area contributed by atoms with Gasteiger partial charge in [0.25, 0.3) is 0 Å². The van der Waals surface area contributed by atoms with Crippen LogP contribution in [-0.2, 0) is 11.2 Å². The van der Waals surface area contributed by atoms with Crippen molar-refractivity contribution in [2.75, 3.05) is 31.6 Å². The third-order valence-electron chi connectivity index (χ3n) is 8.29. The summed E-state index contributed by atoms with van der Waals surface area (Å²) in [7, 11) is 0. The Balaban J connectivity index is 1.46. The second-order valence-electron chi connectivity index (χ2n) is 10.9. The van der Waals surface area contributed by atoms with E-state index in [2.05, 4.69) is 25.2 Å². The van der Waals surface area contributed by atoms with Crippen molar-refractivity contribution in [1.82, 2.24) is 19.9 Å². The number of hydrogen-bond donors (Lipinski definition) is 3. The van der Waals surface area contributed by atoms with Gasteiger partial charge in [0.15, 0.2) is 5.82 Å². The zero-order valence-electron chi connectivity index (χ0n) is 23.0. The number of pyridine rings is 1. The van der Waals surface area contributed by atoms with Crippen LogP contribution in [0.2, 0.25) is 0 Å². The largest absolute Gasteiger partial charge is 0.508 e. The summed E-state index contributed by atoms with van der Waals surface area (Å²) < 4.78 is 51.5. The van der Waals surface area contributed by atoms with Crippen LogP contribution in [0.4, 0.5) is 19.0 Å². The molecule has 2 saturated heterocycles. The van der Waals surface area contributed by atoms with Crippen LogP contribution in [0, 0.1) is 11.6 Å². The van der Waals surface area contributed by atoms with Crippen molar-refractivity contribution in [3.63, 3.8) is 0 Å². The predicted molar refractivity (Wildman–Crippen MR) is 151 cm³/mol. The first-order valence-corrected chi connectivity index (χ1v) is 14.0. The minimum atomic E-state index is -1.03. The lowest BCUT2D eigenvalue weighted by atomic mass is 9.94. The van der Waals surface area contributed by atoms with E-state index < -0.39 is 29.3 Å². The summed E-state index contributed by atoms with van der Waals surface area (Å²) in [5.74, 6) is -2.33. The van der Waals surface area contributed by atoms with Crippen molar-refractivity contribution in [3.8, 4) is 23.0 Å². The molecule has 0 bridgehead atoms. The fraction of sp³-hybridized carbons (Fsp3) is 0.400. The van der Waals surface area contributed by atoms with Gasteiger partial charge in [0.05, 0.1) is 17.3 Å². The molecule has 2 atom stereocenters. The van der Waals surface area contributed by atoms with Gasteiger partial charge >= 0.3 is 12.0 Å². The van der Waals surface area contributed by atoms with Gasteiger partial charge in [-0.05, 0) is 60.3 Å². The fourth-order valence-electron chi connectivity index (χ4n) is 6.39. The molecule has 6 rings (SSSR count). The first-order valence-electron chi connectivity index (χ1n) is 14.0. The van der Waals surface area contributed by atoms with Crippen LogP contribution >= 0.6 is 0 Å². The van der Waals surface area contributed by atoms with Gasteiger partial charge in [-0.1, -0.05) is 13.0 Å². The van der Waals surface area contributed by atoms with Crippen LogP contribution in [0.5, 0.6) is 11.8 Å². The highest BCUT2D eigenvalue weighted by Crippen LogP contribution is 2.41. The Bertz CT molecular complexity index is 1700. The van der Waals surface area contributed by atoms with Crippen LogP contribution in [0.1, 0.15) is 38.2 Å². The van der Waals surface area contributed by atoms with Gasteiger partial charge in [0, 0.05) is 31.3 Å². The zero-order chi connectivity index (χ0) is 29.6. The molecule has 2 aliphatic rings. The Morgan fingerprint density at radius 1 is 1.26 bits per heavy atom. The topological polar surface area (TPSA) is 121 Å². The number of hydrogen-bond acceptors (Lipinski definition) is 8. The number of ether oxygens (including phenoxy) is 1. The predicted octanol–water partition coefficient (Wildman–Crippen LogP) is 5.23. The molecular formula is C30H30F3N5O4. The Kier molecular flexibility index (Phi) is 7.25. The van der Waals surface area contributed by atoms with Gasteiger partial charge < -0.3 is 20.3 Å². The Morgan fingerprint density at radius 3 is 2.88 bits per heavy atom. The number of aromatic hydroxyl groups is 1. The number of alkyl halides is 1. The second-order valence-corrected chi connectivity index (χ2v) is 10.9. The number of rotatable bonds is 9. The van der Waals surface area contributed by atoms with Gasteiger partial charge in [-0.25, -0.2) is 13.2 Å². The van der Waals surface area contributed by atoms with Crippen molar-refractivity contribution in [2.45, 2.75) is 50.7 Å². The number of benzene rings is 2. The Labute approximate surface area is 239 Å². The SMILES string of the molecule is CCc1c(F)ccc2cc(O)cc(-c3ncc4c(NCCC(=O)O)nc(OC[C@@]56CCCN5C[C@H](F)C6)nc4c3F)c12. The number of carboxylic acids is 1. The number of aliphatic carboxylic acids is 1. The molecule has 4 heterocycles. The van der Waals surface area contributed by atoms with E-state index in [1.807, 2.05) is 0 Å². The molecule has 42 heavy (non-hydrogen) atoms. The zero-order valence-corrected chi connectivity index (χ0v) is 23.0. The van der Waals surface area contributed by atoms with E-state index in [0.29, 0.717) is 35.7 Å². The smallest absolute Gasteiger partial charge is 0.319 e. The number of aryl methyl sites for hydroxylation is 1. The molecule has 2 aromatic carbocycles. The molecule has 2 aliphatic heterocycles. The lowest BCUT2D eigenvalue weighted by molar-refractivity contribution is -0.136. The monoisotopic (exact) mass is 581 g/mol. The summed E-state index contributed by atoms with van der Waals surface area (Å²) in [4.78, 5) is 26.3. The van der Waals surface area contributed by atoms with E-state index in [9.17, 15) is 18.7 Å². The number of aromatic nitrogens is 3. The van der Waals surface area contributed by atoms with Gasteiger partial charge in [-0.3, -0.25) is 14.7 Å². The molecule has 0 radical (unpaired) electrons. The van der Waals surface area contributed by atoms with Crippen LogP contribution in [0.3, 0.4) is 0 Å². The number of carbonyl (C=O) groups is 1. The molecule has 220 valence electrons. The molecule has 0 spiro atoms. The Morgan fingerprint density at radius 2 is 2.10 bits per heavy atom. The van der Waals surface area contributed by atoms with Crippen molar-refractivity contribution >= 4 is 33.5 Å². The first-order chi connectivity index (χ1) is 20.2. The number of phenols is 1. The van der Waals surface area contributed by atoms with E-state index in [1.165, 1.54) is 30.5 Å². The van der Waals surface area contributed by atoms with Crippen molar-refractivity contribution in [3.05, 3.63) is 47.7 Å². The minimum Gasteiger partial charge on any atom is -0.508 e. The quantitative estimate of drug-likeness (QED) is 0.244. The normalized spacial score (nSPS) is 20.3. The molecule has 2 aromatic heterocycles. The van der Waals surface area contributed by atoms with Gasteiger partial charge in [-0.15, -0.1) is 0 Å². The van der Waals surface area contributed by atoms with E-state index in [0.717, 1.165) is 19.4 Å². The number of halogens is 3. The summed E-state index contributed by atoms with van der Waals surface area (Å²) in [5, 5.41) is 23.6. The van der Waals surface area contributed by atoms with Crippen LogP contribution in [-0.4, -0.2) is 74.0 Å². The third-order valence-corrected chi connectivity index (χ3v) is 8.29. The summed E-state index contributed by atoms with van der Waals surface area (Å²) in [5.41, 5.74) is -0.236. The highest BCUT2D eigenvalue weighted by atomic mass is 19.1. The van der Waals surface area contributed by atoms with E-state index in [1.54, 1.807) is 6.92 Å². The summed E-state index contributed by atoms with van der Waals surface area (Å²) in [6, 6.07) is 5.49. The fourth-order valence-corrected chi connectivity index (χ4v) is 6.39. The lowest BCUT2D eigenvalue weighted by Crippen LogP contribution is -2.43. The van der Waals surface area contributed by atoms with Gasteiger partial charge in [0.1, 0.15) is 41.4 Å². The maximum atomic E-state index is 16.4. The number of nitrogens with zero attached hydrogens (tertiary/aromatic N) is 4. The average molecular weight is 582 g/mol. The molecule has 12 heteroatoms. The highest BCUT2D eigenvalue weighted by molar-refractivity contribution is 6.01. The van der Waals surface area contributed by atoms with E-state index in [-0.39, 0.29) is 59.3 Å². The number of anilines is 1. The molecule has 3 N–H and O–H groups in total. The molecule has 0 unspecified atom stereocenters. The summed E-state index contributed by atoms with van der Waals surface area (Å²) >= 11 is 0. The molecule has 2 fully saturated rings. The van der Waals surface area contributed by atoms with Gasteiger partial charge in [-0.2, -0.15) is 9.97 Å². The summed E-state index contributed by atoms with van der Waals surface area (Å²) in [6.07, 6.45) is 2.50. The molecule has 0 aliphatic carbocycles. The lowest BCUT2D eigenvalue weighted by Gasteiger charge is -2.30. The van der Waals surface area contributed by atoms with Crippen LogP contribution in [0.15, 0.2) is 30.5 Å². The molecule has 9 nitrogen and oxygen atoms in total. The molecule has 4 aromatic rings. The molecule has 0 saturated carbocycles. The number of fused-ring (bicyclic) bond motifs is 3. The van der Waals surface area contributed by atoms with E-state index in [4.69, 9.17) is 9.84 Å². The van der Waals surface area contributed by atoms with Crippen LogP contribution < -0.4 is 10.1 Å². The standard InChI is InChI=1S/C30H30F3N5O4/c1-2-19-22(32)5-4-16-10-18(39)11-20(24(16)19)26-25(33)27-21(13-35-26)28(34-8-6-23(40)41)37-29(36-27)42-15-30-7-3-9-38(30)14-17(31)12-30/h4-5,10-11,13,17,39H,2-3,6-9,12,14-15H2,1H3,(H,40,41)(H,34,36,37)/t17-,30+/m1/s1. The third kappa shape index (κ3) is 4.93. The van der Waals surface area contributed by atoms with Crippen LogP contribution in [0.25, 0.3) is 32.9 Å². The maximum Gasteiger partial charge on any atom is 0.319 e. The van der Waals surface area contributed by atoms with Crippen molar-refractivity contribution in [1.29, 1.82) is 0 Å².